The Labute approximate surface area is 182 Å². The van der Waals surface area contributed by atoms with Gasteiger partial charge in [0, 0.05) is 0 Å². The lowest BCUT2D eigenvalue weighted by Crippen LogP contribution is -2.38. The third-order valence-electron chi connectivity index (χ3n) is 6.14. The average Bonchev–Trinajstić information content (AvgIpc) is 3.27. The molecule has 2 heterocycles. The second kappa shape index (κ2) is 14.0. The molecule has 2 saturated heterocycles. The van der Waals surface area contributed by atoms with Crippen LogP contribution in [0.1, 0.15) is 90.4 Å². The summed E-state index contributed by atoms with van der Waals surface area (Å²) >= 11 is 0. The number of hydrogen-bond acceptors (Lipinski definition) is 4. The molecule has 0 radical (unpaired) electrons. The van der Waals surface area contributed by atoms with E-state index in [1.165, 1.54) is 64.2 Å². The lowest BCUT2D eigenvalue weighted by molar-refractivity contribution is -0.840. The molecule has 0 amide bonds. The number of fused-ring (bicyclic) bond motifs is 2. The fourth-order valence-electron chi connectivity index (χ4n) is 4.46. The van der Waals surface area contributed by atoms with Gasteiger partial charge in [-0.25, -0.2) is 0 Å². The minimum absolute atomic E-state index is 0.128. The van der Waals surface area contributed by atoms with E-state index in [0.29, 0.717) is 12.8 Å². The number of quaternary nitrogens is 1. The number of hydroxylamine groups is 3. The predicted molar refractivity (Wildman–Crippen MR) is 117 cm³/mol. The summed E-state index contributed by atoms with van der Waals surface area (Å²) in [7, 11) is 3.46. The summed E-state index contributed by atoms with van der Waals surface area (Å²) in [6.07, 6.45) is 15.4. The van der Waals surface area contributed by atoms with Gasteiger partial charge in [0.05, 0.1) is 44.7 Å². The van der Waals surface area contributed by atoms with Gasteiger partial charge >= 0.3 is 11.9 Å². The second-order valence-electron chi connectivity index (χ2n) is 9.35. The molecule has 176 valence electrons. The maximum absolute atomic E-state index is 11.3. The number of carbonyl (C=O) groups is 2. The lowest BCUT2D eigenvalue weighted by atomic mass is 9.79. The number of unbranched alkanes of at least 4 members (excludes halogenated alkanes) is 10. The molecule has 7 heteroatoms. The molecule has 0 saturated carbocycles. The van der Waals surface area contributed by atoms with Crippen molar-refractivity contribution in [2.75, 3.05) is 20.6 Å². The number of carboxylic acids is 2. The van der Waals surface area contributed by atoms with Gasteiger partial charge in [-0.15, -0.1) is 0 Å². The number of aliphatic carboxylic acids is 2. The van der Waals surface area contributed by atoms with E-state index < -0.39 is 23.8 Å². The van der Waals surface area contributed by atoms with Crippen LogP contribution in [0.15, 0.2) is 0 Å². The van der Waals surface area contributed by atoms with E-state index in [1.54, 1.807) is 14.1 Å². The largest absolute Gasteiger partial charge is 0.633 e. The summed E-state index contributed by atoms with van der Waals surface area (Å²) < 4.78 is 5.13. The molecule has 2 aliphatic rings. The van der Waals surface area contributed by atoms with E-state index in [9.17, 15) is 14.8 Å². The van der Waals surface area contributed by atoms with Gasteiger partial charge in [0.1, 0.15) is 0 Å². The fourth-order valence-corrected chi connectivity index (χ4v) is 4.46. The van der Waals surface area contributed by atoms with Crippen molar-refractivity contribution in [2.45, 2.75) is 103 Å². The molecule has 0 aromatic carbocycles. The smallest absolute Gasteiger partial charge is 0.310 e. The summed E-state index contributed by atoms with van der Waals surface area (Å²) in [4.78, 5) is 21.5. The molecule has 2 bridgehead atoms. The van der Waals surface area contributed by atoms with Gasteiger partial charge in [-0.3, -0.25) is 9.59 Å². The van der Waals surface area contributed by atoms with Gasteiger partial charge in [0.15, 0.2) is 0 Å². The van der Waals surface area contributed by atoms with Crippen LogP contribution in [0.3, 0.4) is 0 Å². The van der Waals surface area contributed by atoms with Crippen LogP contribution in [0.5, 0.6) is 0 Å². The Balaban J connectivity index is 0.000000308. The summed E-state index contributed by atoms with van der Waals surface area (Å²) in [5.41, 5.74) is 0. The second-order valence-corrected chi connectivity index (χ2v) is 9.35. The molecule has 2 rings (SSSR count). The first-order valence-electron chi connectivity index (χ1n) is 11.8. The molecule has 2 fully saturated rings. The molecule has 0 aromatic rings. The van der Waals surface area contributed by atoms with E-state index in [4.69, 9.17) is 14.9 Å². The minimum Gasteiger partial charge on any atom is -0.633 e. The average molecular weight is 430 g/mol. The van der Waals surface area contributed by atoms with Crippen molar-refractivity contribution >= 4 is 11.9 Å². The number of rotatable bonds is 14. The molecular weight excluding hydrogens is 386 g/mol. The zero-order chi connectivity index (χ0) is 22.6. The van der Waals surface area contributed by atoms with Crippen LogP contribution >= 0.6 is 0 Å². The molecule has 0 spiro atoms. The van der Waals surface area contributed by atoms with Crippen LogP contribution in [-0.2, 0) is 14.3 Å². The van der Waals surface area contributed by atoms with Gasteiger partial charge in [-0.05, 0) is 25.7 Å². The SMILES string of the molecule is CCCCCCCCCCCCC[N+](C)(C)[O-].O=C(O)C1C2CCC(O2)C1C(=O)O. The molecule has 30 heavy (non-hydrogen) atoms. The third-order valence-corrected chi connectivity index (χ3v) is 6.14. The molecule has 4 unspecified atom stereocenters. The molecule has 0 aromatic heterocycles. The third kappa shape index (κ3) is 10.2. The Morgan fingerprint density at radius 1 is 0.800 bits per heavy atom. The van der Waals surface area contributed by atoms with Gasteiger partial charge in [0.2, 0.25) is 0 Å². The first kappa shape index (κ1) is 26.9. The standard InChI is InChI=1S/C15H33NO.C8H10O5/c1-4-5-6-7-8-9-10-11-12-13-14-15-16(2,3)17;9-7(10)5-3-1-2-4(13-3)6(5)8(11)12/h4-15H2,1-3H3;3-6H,1-2H2,(H,9,10)(H,11,12). The highest BCUT2D eigenvalue weighted by Crippen LogP contribution is 2.43. The van der Waals surface area contributed by atoms with Crippen LogP contribution in [0.2, 0.25) is 0 Å². The van der Waals surface area contributed by atoms with Crippen LogP contribution in [-0.4, -0.2) is 59.6 Å². The fraction of sp³-hybridized carbons (Fsp3) is 0.913. The molecular formula is C23H43NO6. The van der Waals surface area contributed by atoms with Gasteiger partial charge in [-0.2, -0.15) is 0 Å². The van der Waals surface area contributed by atoms with Crippen molar-refractivity contribution < 1.29 is 29.2 Å². The Morgan fingerprint density at radius 3 is 1.50 bits per heavy atom. The molecule has 0 aliphatic carbocycles. The predicted octanol–water partition coefficient (Wildman–Crippen LogP) is 4.82. The minimum atomic E-state index is -1.06. The van der Waals surface area contributed by atoms with Crippen LogP contribution in [0.4, 0.5) is 0 Å². The number of carboxylic acid groups (broad SMARTS) is 2. The summed E-state index contributed by atoms with van der Waals surface area (Å²) in [6.45, 7) is 3.04. The zero-order valence-corrected chi connectivity index (χ0v) is 19.2. The maximum Gasteiger partial charge on any atom is 0.310 e. The normalized spacial score (nSPS) is 25.1. The molecule has 2 N–H and O–H groups in total. The van der Waals surface area contributed by atoms with Crippen molar-refractivity contribution in [1.29, 1.82) is 0 Å². The van der Waals surface area contributed by atoms with Crippen molar-refractivity contribution in [2.24, 2.45) is 11.8 Å². The van der Waals surface area contributed by atoms with Crippen LogP contribution < -0.4 is 0 Å². The highest BCUT2D eigenvalue weighted by atomic mass is 16.5. The summed E-state index contributed by atoms with van der Waals surface area (Å²) in [6, 6.07) is 0. The topological polar surface area (TPSA) is 107 Å². The number of ether oxygens (including phenoxy) is 1. The van der Waals surface area contributed by atoms with Gasteiger partial charge in [0.25, 0.3) is 0 Å². The highest BCUT2D eigenvalue weighted by molar-refractivity contribution is 5.82. The molecule has 4 atom stereocenters. The van der Waals surface area contributed by atoms with E-state index in [0.717, 1.165) is 13.0 Å². The Hall–Kier alpha value is -1.18. The van der Waals surface area contributed by atoms with Crippen molar-refractivity contribution in [3.05, 3.63) is 5.21 Å². The van der Waals surface area contributed by atoms with E-state index >= 15 is 0 Å². The van der Waals surface area contributed by atoms with Crippen molar-refractivity contribution in [1.82, 2.24) is 0 Å². The highest BCUT2D eigenvalue weighted by Gasteiger charge is 2.55. The number of hydrogen-bond donors (Lipinski definition) is 2. The Bertz CT molecular complexity index is 478. The zero-order valence-electron chi connectivity index (χ0n) is 19.2. The quantitative estimate of drug-likeness (QED) is 0.233. The van der Waals surface area contributed by atoms with E-state index in [1.807, 2.05) is 0 Å². The van der Waals surface area contributed by atoms with Crippen molar-refractivity contribution in [3.8, 4) is 0 Å². The van der Waals surface area contributed by atoms with Crippen LogP contribution in [0, 0.1) is 17.0 Å². The first-order valence-corrected chi connectivity index (χ1v) is 11.8. The maximum atomic E-state index is 11.3. The Morgan fingerprint density at radius 2 is 1.17 bits per heavy atom. The molecule has 7 nitrogen and oxygen atoms in total. The summed E-state index contributed by atoms with van der Waals surface area (Å²) in [5, 5.41) is 28.9. The van der Waals surface area contributed by atoms with E-state index in [2.05, 4.69) is 6.92 Å². The lowest BCUT2D eigenvalue weighted by Gasteiger charge is -2.33. The first-order chi connectivity index (χ1) is 14.2. The monoisotopic (exact) mass is 429 g/mol. The van der Waals surface area contributed by atoms with Gasteiger partial charge < -0.3 is 24.8 Å². The van der Waals surface area contributed by atoms with Crippen molar-refractivity contribution in [3.63, 3.8) is 0 Å². The van der Waals surface area contributed by atoms with E-state index in [-0.39, 0.29) is 16.9 Å². The Kier molecular flexibility index (Phi) is 12.5. The molecule has 2 aliphatic heterocycles. The van der Waals surface area contributed by atoms with Crippen LogP contribution in [0.25, 0.3) is 0 Å². The number of nitrogens with zero attached hydrogens (tertiary/aromatic N) is 1. The summed E-state index contributed by atoms with van der Waals surface area (Å²) in [5.74, 6) is -3.81. The van der Waals surface area contributed by atoms with Gasteiger partial charge in [-0.1, -0.05) is 64.7 Å².